The number of hydrogen-bond donors (Lipinski definition) is 2. The van der Waals surface area contributed by atoms with Gasteiger partial charge < -0.3 is 10.4 Å². The van der Waals surface area contributed by atoms with E-state index in [4.69, 9.17) is 0 Å². The number of piperidine rings is 1. The minimum absolute atomic E-state index is 0.117. The van der Waals surface area contributed by atoms with E-state index in [2.05, 4.69) is 15.3 Å². The van der Waals surface area contributed by atoms with Crippen molar-refractivity contribution in [1.82, 2.24) is 14.9 Å². The van der Waals surface area contributed by atoms with Crippen LogP contribution in [0.1, 0.15) is 69.0 Å². The lowest BCUT2D eigenvalue weighted by Gasteiger charge is -2.45. The molecule has 6 rings (SSSR count). The van der Waals surface area contributed by atoms with Gasteiger partial charge in [0.15, 0.2) is 5.69 Å². The smallest absolute Gasteiger partial charge is 0.393 e. The zero-order chi connectivity index (χ0) is 20.9. The van der Waals surface area contributed by atoms with Crippen LogP contribution in [-0.2, 0) is 12.7 Å². The summed E-state index contributed by atoms with van der Waals surface area (Å²) < 4.78 is 41.5. The quantitative estimate of drug-likeness (QED) is 0.758. The Balaban J connectivity index is 1.37. The molecular formula is C22H31F3N4O. The van der Waals surface area contributed by atoms with Crippen molar-refractivity contribution in [2.45, 2.75) is 82.2 Å². The molecule has 1 aromatic heterocycles. The molecule has 2 N–H and O–H groups in total. The molecule has 2 atom stereocenters. The van der Waals surface area contributed by atoms with Crippen molar-refractivity contribution >= 4 is 5.95 Å². The molecule has 8 heteroatoms. The average molecular weight is 425 g/mol. The van der Waals surface area contributed by atoms with E-state index in [-0.39, 0.29) is 29.7 Å². The Morgan fingerprint density at radius 3 is 2.40 bits per heavy atom. The van der Waals surface area contributed by atoms with Gasteiger partial charge in [0.1, 0.15) is 0 Å². The number of halogens is 3. The molecule has 0 radical (unpaired) electrons. The van der Waals surface area contributed by atoms with Gasteiger partial charge in [0.25, 0.3) is 0 Å². The molecular weight excluding hydrogens is 393 g/mol. The number of nitrogens with zero attached hydrogens (tertiary/aromatic N) is 3. The SMILES string of the molecule is OC1CCN(Cc2cnc(NC34CCC5CC(CC(C5)C3)C4)nc2C(F)(F)F)CC1. The largest absolute Gasteiger partial charge is 0.433 e. The number of aliphatic hydroxyl groups excluding tert-OH is 1. The van der Waals surface area contributed by atoms with Crippen LogP contribution >= 0.6 is 0 Å². The molecule has 1 aromatic rings. The molecule has 1 aliphatic heterocycles. The van der Waals surface area contributed by atoms with Gasteiger partial charge >= 0.3 is 6.18 Å². The van der Waals surface area contributed by atoms with Crippen LogP contribution in [0.15, 0.2) is 6.20 Å². The van der Waals surface area contributed by atoms with Crippen LogP contribution in [-0.4, -0.2) is 44.7 Å². The Kier molecular flexibility index (Phi) is 5.21. The van der Waals surface area contributed by atoms with Gasteiger partial charge in [0.2, 0.25) is 5.95 Å². The van der Waals surface area contributed by atoms with Crippen LogP contribution in [0.25, 0.3) is 0 Å². The van der Waals surface area contributed by atoms with Gasteiger partial charge in [-0.25, -0.2) is 9.97 Å². The summed E-state index contributed by atoms with van der Waals surface area (Å²) in [5.74, 6) is 2.29. The van der Waals surface area contributed by atoms with E-state index in [1.54, 1.807) is 0 Å². The normalized spacial score (nSPS) is 34.9. The van der Waals surface area contributed by atoms with Crippen LogP contribution in [0.3, 0.4) is 0 Å². The fourth-order valence-electron chi connectivity index (χ4n) is 6.69. The first kappa shape index (κ1) is 20.5. The number of aromatic nitrogens is 2. The summed E-state index contributed by atoms with van der Waals surface area (Å²) in [7, 11) is 0. The Morgan fingerprint density at radius 1 is 1.07 bits per heavy atom. The molecule has 5 nitrogen and oxygen atoms in total. The molecule has 0 amide bonds. The molecule has 4 bridgehead atoms. The van der Waals surface area contributed by atoms with Crippen LogP contribution in [0.5, 0.6) is 0 Å². The fourth-order valence-corrected chi connectivity index (χ4v) is 6.69. The minimum Gasteiger partial charge on any atom is -0.393 e. The monoisotopic (exact) mass is 424 g/mol. The number of rotatable bonds is 4. The molecule has 5 fully saturated rings. The second kappa shape index (κ2) is 7.62. The third-order valence-corrected chi connectivity index (χ3v) is 7.85. The van der Waals surface area contributed by atoms with Crippen LogP contribution in [0, 0.1) is 17.8 Å². The third-order valence-electron chi connectivity index (χ3n) is 7.85. The summed E-state index contributed by atoms with van der Waals surface area (Å²) in [5.41, 5.74) is -0.856. The number of likely N-dealkylation sites (tertiary alicyclic amines) is 1. The van der Waals surface area contributed by atoms with Crippen molar-refractivity contribution in [2.75, 3.05) is 18.4 Å². The average Bonchev–Trinajstić information content (AvgIpc) is 2.87. The maximum Gasteiger partial charge on any atom is 0.433 e. The van der Waals surface area contributed by atoms with E-state index in [9.17, 15) is 18.3 Å². The Bertz CT molecular complexity index is 764. The number of aliphatic hydroxyl groups is 1. The second-order valence-electron chi connectivity index (χ2n) is 10.2. The summed E-state index contributed by atoms with van der Waals surface area (Å²) in [6.07, 6.45) is 5.73. The summed E-state index contributed by atoms with van der Waals surface area (Å²) in [6.45, 7) is 1.34. The van der Waals surface area contributed by atoms with Crippen molar-refractivity contribution in [1.29, 1.82) is 0 Å². The second-order valence-corrected chi connectivity index (χ2v) is 10.2. The lowest BCUT2D eigenvalue weighted by Crippen LogP contribution is -2.45. The molecule has 4 saturated carbocycles. The minimum atomic E-state index is -4.51. The Hall–Kier alpha value is -1.41. The number of nitrogens with one attached hydrogen (secondary N) is 1. The van der Waals surface area contributed by atoms with Crippen molar-refractivity contribution in [3.8, 4) is 0 Å². The number of hydrogen-bond acceptors (Lipinski definition) is 5. The highest BCUT2D eigenvalue weighted by Crippen LogP contribution is 2.53. The third kappa shape index (κ3) is 4.17. The number of anilines is 1. The van der Waals surface area contributed by atoms with E-state index in [1.807, 2.05) is 4.90 Å². The Labute approximate surface area is 175 Å². The predicted octanol–water partition coefficient (Wildman–Crippen LogP) is 4.22. The van der Waals surface area contributed by atoms with Crippen molar-refractivity contribution in [2.24, 2.45) is 17.8 Å². The van der Waals surface area contributed by atoms with Gasteiger partial charge in [-0.2, -0.15) is 13.2 Å². The topological polar surface area (TPSA) is 61.3 Å². The van der Waals surface area contributed by atoms with Gasteiger partial charge in [-0.05, 0) is 75.5 Å². The van der Waals surface area contributed by atoms with Gasteiger partial charge in [-0.1, -0.05) is 0 Å². The van der Waals surface area contributed by atoms with E-state index in [1.165, 1.54) is 25.5 Å². The van der Waals surface area contributed by atoms with E-state index in [0.29, 0.717) is 37.8 Å². The van der Waals surface area contributed by atoms with Crippen LogP contribution in [0.4, 0.5) is 19.1 Å². The van der Waals surface area contributed by atoms with Gasteiger partial charge in [-0.3, -0.25) is 4.90 Å². The van der Waals surface area contributed by atoms with Crippen LogP contribution < -0.4 is 5.32 Å². The molecule has 1 saturated heterocycles. The standard InChI is InChI=1S/C22H31F3N4O/c23-22(24,25)19-17(13-29-5-2-18(30)3-6-29)12-26-20(27-19)28-21-4-1-14-7-15(10-21)9-16(8-14)11-21/h12,14-16,18,30H,1-11,13H2,(H,26,27,28). The lowest BCUT2D eigenvalue weighted by molar-refractivity contribution is -0.142. The highest BCUT2D eigenvalue weighted by atomic mass is 19.4. The summed E-state index contributed by atoms with van der Waals surface area (Å²) >= 11 is 0. The zero-order valence-corrected chi connectivity index (χ0v) is 17.3. The van der Waals surface area contributed by atoms with E-state index in [0.717, 1.165) is 31.6 Å². The predicted molar refractivity (Wildman–Crippen MR) is 107 cm³/mol. The zero-order valence-electron chi connectivity index (χ0n) is 17.3. The highest BCUT2D eigenvalue weighted by molar-refractivity contribution is 5.35. The highest BCUT2D eigenvalue weighted by Gasteiger charge is 2.48. The summed E-state index contributed by atoms with van der Waals surface area (Å²) in [4.78, 5) is 10.3. The molecule has 30 heavy (non-hydrogen) atoms. The fraction of sp³-hybridized carbons (Fsp3) is 0.818. The molecule has 2 unspecified atom stereocenters. The molecule has 5 aliphatic rings. The van der Waals surface area contributed by atoms with Crippen LogP contribution in [0.2, 0.25) is 0 Å². The Morgan fingerprint density at radius 2 is 1.73 bits per heavy atom. The first-order valence-electron chi connectivity index (χ1n) is 11.4. The molecule has 2 heterocycles. The van der Waals surface area contributed by atoms with Crippen molar-refractivity contribution in [3.63, 3.8) is 0 Å². The molecule has 4 aliphatic carbocycles. The molecule has 0 spiro atoms. The maximum absolute atomic E-state index is 13.8. The summed E-state index contributed by atoms with van der Waals surface area (Å²) in [5, 5.41) is 13.0. The maximum atomic E-state index is 13.8. The van der Waals surface area contributed by atoms with Crippen molar-refractivity contribution in [3.05, 3.63) is 17.5 Å². The van der Waals surface area contributed by atoms with E-state index >= 15 is 0 Å². The van der Waals surface area contributed by atoms with Gasteiger partial charge in [0, 0.05) is 36.9 Å². The first-order chi connectivity index (χ1) is 14.3. The van der Waals surface area contributed by atoms with E-state index < -0.39 is 11.9 Å². The molecule has 0 aromatic carbocycles. The number of fused-ring (bicyclic) bond motifs is 1. The summed E-state index contributed by atoms with van der Waals surface area (Å²) in [6, 6.07) is 0. The lowest BCUT2D eigenvalue weighted by atomic mass is 9.65. The first-order valence-corrected chi connectivity index (χ1v) is 11.4. The molecule has 166 valence electrons. The van der Waals surface area contributed by atoms with Crippen molar-refractivity contribution < 1.29 is 18.3 Å². The van der Waals surface area contributed by atoms with Gasteiger partial charge in [0.05, 0.1) is 6.10 Å². The van der Waals surface area contributed by atoms with Gasteiger partial charge in [-0.15, -0.1) is 0 Å². The number of alkyl halides is 3.